The van der Waals surface area contributed by atoms with E-state index >= 15 is 0 Å². The smallest absolute Gasteiger partial charge is 0.219 e. The summed E-state index contributed by atoms with van der Waals surface area (Å²) in [5, 5.41) is 0. The standard InChI is InChI=1S/C24H23N3O2S2/c1-16(17-4-7-23-22(12-17)26-15-30-23)27-10-9-18-11-20(5-3-19(18)14-27)29-24-8-6-21(13-25-24)31(2)28/h3-8,11-13,15-16H,9-10,14H2,1-2H3. The Kier molecular flexibility index (Phi) is 5.56. The van der Waals surface area contributed by atoms with E-state index in [1.165, 1.54) is 21.4 Å². The van der Waals surface area contributed by atoms with E-state index in [0.29, 0.717) is 16.8 Å². The second kappa shape index (κ2) is 8.49. The fourth-order valence-electron chi connectivity index (χ4n) is 4.01. The maximum absolute atomic E-state index is 11.5. The number of hydrogen-bond acceptors (Lipinski definition) is 6. The van der Waals surface area contributed by atoms with Gasteiger partial charge in [0.15, 0.2) is 0 Å². The molecule has 4 aromatic rings. The summed E-state index contributed by atoms with van der Waals surface area (Å²) >= 11 is 1.68. The van der Waals surface area contributed by atoms with Crippen LogP contribution in [0, 0.1) is 0 Å². The molecule has 2 unspecified atom stereocenters. The minimum absolute atomic E-state index is 0.335. The van der Waals surface area contributed by atoms with Gasteiger partial charge in [-0.15, -0.1) is 11.3 Å². The lowest BCUT2D eigenvalue weighted by Crippen LogP contribution is -2.32. The predicted octanol–water partition coefficient (Wildman–Crippen LogP) is 5.34. The van der Waals surface area contributed by atoms with E-state index in [4.69, 9.17) is 4.74 Å². The molecule has 0 spiro atoms. The van der Waals surface area contributed by atoms with Crippen molar-refractivity contribution in [2.24, 2.45) is 0 Å². The molecule has 7 heteroatoms. The Hall–Kier alpha value is -2.61. The molecular weight excluding hydrogens is 426 g/mol. The molecule has 3 heterocycles. The number of nitrogens with zero attached hydrogens (tertiary/aromatic N) is 3. The van der Waals surface area contributed by atoms with Crippen LogP contribution >= 0.6 is 11.3 Å². The zero-order valence-electron chi connectivity index (χ0n) is 17.4. The number of ether oxygens (including phenoxy) is 1. The van der Waals surface area contributed by atoms with Crippen molar-refractivity contribution in [2.45, 2.75) is 30.8 Å². The Morgan fingerprint density at radius 1 is 1.10 bits per heavy atom. The van der Waals surface area contributed by atoms with E-state index in [9.17, 15) is 4.21 Å². The fraction of sp³-hybridized carbons (Fsp3) is 0.250. The van der Waals surface area contributed by atoms with Gasteiger partial charge < -0.3 is 4.74 Å². The van der Waals surface area contributed by atoms with Crippen LogP contribution in [0.5, 0.6) is 11.6 Å². The average Bonchev–Trinajstić information content (AvgIpc) is 3.26. The van der Waals surface area contributed by atoms with Crippen LogP contribution in [0.25, 0.3) is 10.2 Å². The van der Waals surface area contributed by atoms with Gasteiger partial charge in [0.2, 0.25) is 5.88 Å². The largest absolute Gasteiger partial charge is 0.439 e. The molecule has 31 heavy (non-hydrogen) atoms. The van der Waals surface area contributed by atoms with Crippen LogP contribution in [0.3, 0.4) is 0 Å². The Bertz CT molecular complexity index is 1250. The van der Waals surface area contributed by atoms with E-state index in [-0.39, 0.29) is 0 Å². The van der Waals surface area contributed by atoms with Gasteiger partial charge in [0.25, 0.3) is 0 Å². The molecule has 0 radical (unpaired) electrons. The second-order valence-corrected chi connectivity index (χ2v) is 10.1. The van der Waals surface area contributed by atoms with Crippen LogP contribution in [0.15, 0.2) is 65.1 Å². The van der Waals surface area contributed by atoms with Gasteiger partial charge in [-0.25, -0.2) is 9.97 Å². The molecular formula is C24H23N3O2S2. The van der Waals surface area contributed by atoms with Crippen molar-refractivity contribution in [3.05, 3.63) is 76.9 Å². The molecule has 5 nitrogen and oxygen atoms in total. The van der Waals surface area contributed by atoms with Gasteiger partial charge >= 0.3 is 0 Å². The van der Waals surface area contributed by atoms with Gasteiger partial charge in [-0.05, 0) is 60.4 Å². The van der Waals surface area contributed by atoms with E-state index in [2.05, 4.69) is 52.1 Å². The first-order chi connectivity index (χ1) is 15.1. The summed E-state index contributed by atoms with van der Waals surface area (Å²) in [6.07, 6.45) is 4.23. The van der Waals surface area contributed by atoms with Gasteiger partial charge in [0.1, 0.15) is 5.75 Å². The molecule has 2 atom stereocenters. The van der Waals surface area contributed by atoms with Gasteiger partial charge in [-0.3, -0.25) is 9.11 Å². The van der Waals surface area contributed by atoms with Crippen LogP contribution in [0.1, 0.15) is 29.7 Å². The first-order valence-electron chi connectivity index (χ1n) is 10.2. The minimum atomic E-state index is -1.04. The van der Waals surface area contributed by atoms with Crippen LogP contribution < -0.4 is 4.74 Å². The summed E-state index contributed by atoms with van der Waals surface area (Å²) in [7, 11) is -1.04. The SMILES string of the molecule is CC(c1ccc2scnc2c1)N1CCc2cc(Oc3ccc(S(C)=O)cn3)ccc2C1. The molecule has 1 aliphatic rings. The normalized spacial score (nSPS) is 16.1. The van der Waals surface area contributed by atoms with Crippen LogP contribution in [0.2, 0.25) is 0 Å². The van der Waals surface area contributed by atoms with Crippen LogP contribution in [-0.2, 0) is 23.8 Å². The number of thiazole rings is 1. The number of benzene rings is 2. The molecule has 5 rings (SSSR count). The third-order valence-electron chi connectivity index (χ3n) is 5.87. The maximum Gasteiger partial charge on any atom is 0.219 e. The van der Waals surface area contributed by atoms with E-state index in [1.807, 2.05) is 11.6 Å². The Morgan fingerprint density at radius 2 is 2.00 bits per heavy atom. The summed E-state index contributed by atoms with van der Waals surface area (Å²) in [4.78, 5) is 11.9. The van der Waals surface area contributed by atoms with Gasteiger partial charge in [-0.1, -0.05) is 12.1 Å². The minimum Gasteiger partial charge on any atom is -0.439 e. The van der Waals surface area contributed by atoms with Crippen LogP contribution in [0.4, 0.5) is 0 Å². The lowest BCUT2D eigenvalue weighted by Gasteiger charge is -2.34. The summed E-state index contributed by atoms with van der Waals surface area (Å²) in [5.41, 5.74) is 6.96. The molecule has 0 aliphatic carbocycles. The highest BCUT2D eigenvalue weighted by molar-refractivity contribution is 7.84. The molecule has 2 aromatic heterocycles. The lowest BCUT2D eigenvalue weighted by molar-refractivity contribution is 0.192. The zero-order valence-corrected chi connectivity index (χ0v) is 19.1. The van der Waals surface area contributed by atoms with E-state index in [1.54, 1.807) is 35.9 Å². The maximum atomic E-state index is 11.5. The first kappa shape index (κ1) is 20.3. The third kappa shape index (κ3) is 4.26. The Balaban J connectivity index is 1.29. The van der Waals surface area contributed by atoms with Gasteiger partial charge in [0, 0.05) is 37.7 Å². The van der Waals surface area contributed by atoms with Gasteiger partial charge in [0.05, 0.1) is 31.4 Å². The highest BCUT2D eigenvalue weighted by atomic mass is 32.2. The fourth-order valence-corrected chi connectivity index (χ4v) is 5.13. The molecule has 2 aromatic carbocycles. The molecule has 0 amide bonds. The van der Waals surface area contributed by atoms with Crippen molar-refractivity contribution < 1.29 is 8.95 Å². The van der Waals surface area contributed by atoms with Crippen molar-refractivity contribution in [2.75, 3.05) is 12.8 Å². The number of fused-ring (bicyclic) bond motifs is 2. The number of pyridine rings is 1. The van der Waals surface area contributed by atoms with Crippen molar-refractivity contribution >= 4 is 32.4 Å². The quantitative estimate of drug-likeness (QED) is 0.412. The lowest BCUT2D eigenvalue weighted by atomic mass is 9.96. The number of hydrogen-bond donors (Lipinski definition) is 0. The highest BCUT2D eigenvalue weighted by Gasteiger charge is 2.22. The molecule has 0 bridgehead atoms. The van der Waals surface area contributed by atoms with E-state index in [0.717, 1.165) is 30.8 Å². The molecule has 0 fully saturated rings. The molecule has 0 saturated carbocycles. The first-order valence-corrected chi connectivity index (χ1v) is 12.7. The van der Waals surface area contributed by atoms with Gasteiger partial charge in [-0.2, -0.15) is 0 Å². The number of rotatable bonds is 5. The van der Waals surface area contributed by atoms with E-state index < -0.39 is 10.8 Å². The van der Waals surface area contributed by atoms with Crippen molar-refractivity contribution in [3.8, 4) is 11.6 Å². The third-order valence-corrected chi connectivity index (χ3v) is 7.58. The molecule has 1 aliphatic heterocycles. The monoisotopic (exact) mass is 449 g/mol. The second-order valence-electron chi connectivity index (χ2n) is 7.79. The molecule has 158 valence electrons. The predicted molar refractivity (Wildman–Crippen MR) is 125 cm³/mol. The van der Waals surface area contributed by atoms with Crippen LogP contribution in [-0.4, -0.2) is 31.9 Å². The molecule has 0 saturated heterocycles. The summed E-state index contributed by atoms with van der Waals surface area (Å²) in [5.74, 6) is 1.30. The zero-order chi connectivity index (χ0) is 21.4. The summed E-state index contributed by atoms with van der Waals surface area (Å²) in [6.45, 7) is 4.19. The summed E-state index contributed by atoms with van der Waals surface area (Å²) in [6, 6.07) is 16.8. The Labute approximate surface area is 188 Å². The average molecular weight is 450 g/mol. The summed E-state index contributed by atoms with van der Waals surface area (Å²) < 4.78 is 18.7. The van der Waals surface area contributed by atoms with Crippen molar-refractivity contribution in [3.63, 3.8) is 0 Å². The number of aromatic nitrogens is 2. The topological polar surface area (TPSA) is 55.3 Å². The van der Waals surface area contributed by atoms with Crippen molar-refractivity contribution in [1.82, 2.24) is 14.9 Å². The molecule has 0 N–H and O–H groups in total. The Morgan fingerprint density at radius 3 is 2.81 bits per heavy atom. The highest BCUT2D eigenvalue weighted by Crippen LogP contribution is 2.32. The van der Waals surface area contributed by atoms with Crippen molar-refractivity contribution in [1.29, 1.82) is 0 Å².